The van der Waals surface area contributed by atoms with Gasteiger partial charge in [-0.25, -0.2) is 4.98 Å². The lowest BCUT2D eigenvalue weighted by Gasteiger charge is -2.03. The molecule has 0 saturated heterocycles. The van der Waals surface area contributed by atoms with E-state index in [1.54, 1.807) is 6.20 Å². The molecule has 4 heteroatoms. The second-order valence-corrected chi connectivity index (χ2v) is 5.90. The lowest BCUT2D eigenvalue weighted by atomic mass is 10.1. The number of halogens is 1. The highest BCUT2D eigenvalue weighted by atomic mass is 35.5. The molecule has 1 heterocycles. The summed E-state index contributed by atoms with van der Waals surface area (Å²) >= 11 is 7.26. The Balaban J connectivity index is 1.81. The number of nitrogens with zero attached hydrogens (tertiary/aromatic N) is 1. The van der Waals surface area contributed by atoms with Crippen LogP contribution in [-0.2, 0) is 0 Å². The van der Waals surface area contributed by atoms with Crippen molar-refractivity contribution in [1.82, 2.24) is 4.98 Å². The minimum atomic E-state index is 0.536. The molecule has 1 fully saturated rings. The van der Waals surface area contributed by atoms with Crippen LogP contribution in [0.4, 0.5) is 5.13 Å². The van der Waals surface area contributed by atoms with Crippen molar-refractivity contribution in [2.24, 2.45) is 11.3 Å². The third kappa shape index (κ3) is 2.15. The first kappa shape index (κ1) is 9.28. The number of rotatable bonds is 3. The maximum Gasteiger partial charge on any atom is 0.184 e. The summed E-state index contributed by atoms with van der Waals surface area (Å²) in [6.07, 6.45) is 3.01. The Kier molecular flexibility index (Phi) is 2.24. The van der Waals surface area contributed by atoms with E-state index in [1.807, 2.05) is 0 Å². The van der Waals surface area contributed by atoms with Crippen molar-refractivity contribution in [2.45, 2.75) is 20.3 Å². The van der Waals surface area contributed by atoms with Gasteiger partial charge in [0.15, 0.2) is 5.13 Å². The van der Waals surface area contributed by atoms with Crippen LogP contribution in [-0.4, -0.2) is 11.5 Å². The van der Waals surface area contributed by atoms with Gasteiger partial charge in [-0.15, -0.1) is 0 Å². The van der Waals surface area contributed by atoms with Crippen molar-refractivity contribution in [3.8, 4) is 0 Å². The first-order valence-corrected chi connectivity index (χ1v) is 5.62. The molecule has 1 aromatic rings. The van der Waals surface area contributed by atoms with Crippen LogP contribution in [0.5, 0.6) is 0 Å². The minimum Gasteiger partial charge on any atom is -0.361 e. The second-order valence-electron chi connectivity index (χ2n) is 4.24. The fraction of sp³-hybridized carbons (Fsp3) is 0.667. The third-order valence-electron chi connectivity index (χ3n) is 2.69. The molecular weight excluding hydrogens is 204 g/mol. The molecule has 1 aliphatic rings. The molecule has 1 atom stereocenters. The zero-order valence-corrected chi connectivity index (χ0v) is 9.37. The molecule has 13 heavy (non-hydrogen) atoms. The van der Waals surface area contributed by atoms with Gasteiger partial charge in [0.25, 0.3) is 0 Å². The molecule has 0 aromatic carbocycles. The summed E-state index contributed by atoms with van der Waals surface area (Å²) in [7, 11) is 0. The van der Waals surface area contributed by atoms with Crippen LogP contribution in [0.3, 0.4) is 0 Å². The SMILES string of the molecule is CC1(C)CC1CNc1ncc(Cl)s1. The lowest BCUT2D eigenvalue weighted by Crippen LogP contribution is -2.06. The molecule has 1 aromatic heterocycles. The monoisotopic (exact) mass is 216 g/mol. The van der Waals surface area contributed by atoms with Crippen molar-refractivity contribution < 1.29 is 0 Å². The summed E-state index contributed by atoms with van der Waals surface area (Å²) in [6.45, 7) is 5.62. The maximum absolute atomic E-state index is 5.76. The van der Waals surface area contributed by atoms with Crippen LogP contribution in [0.15, 0.2) is 6.20 Å². The van der Waals surface area contributed by atoms with Crippen LogP contribution < -0.4 is 5.32 Å². The molecular formula is C9H13ClN2S. The standard InChI is InChI=1S/C9H13ClN2S/c1-9(2)3-6(9)4-11-8-12-5-7(10)13-8/h5-6H,3-4H2,1-2H3,(H,11,12). The fourth-order valence-corrected chi connectivity index (χ4v) is 2.29. The van der Waals surface area contributed by atoms with Gasteiger partial charge in [0.05, 0.1) is 6.20 Å². The number of thiazole rings is 1. The van der Waals surface area contributed by atoms with E-state index in [0.29, 0.717) is 5.41 Å². The fourth-order valence-electron chi connectivity index (χ4n) is 1.47. The molecule has 1 aliphatic carbocycles. The summed E-state index contributed by atoms with van der Waals surface area (Å²) in [4.78, 5) is 4.14. The van der Waals surface area contributed by atoms with Crippen LogP contribution in [0.2, 0.25) is 4.34 Å². The van der Waals surface area contributed by atoms with E-state index >= 15 is 0 Å². The van der Waals surface area contributed by atoms with Gasteiger partial charge in [-0.1, -0.05) is 36.8 Å². The molecule has 1 saturated carbocycles. The number of anilines is 1. The Bertz CT molecular complexity index is 308. The van der Waals surface area contributed by atoms with E-state index in [0.717, 1.165) is 21.9 Å². The molecule has 0 amide bonds. The quantitative estimate of drug-likeness (QED) is 0.839. The van der Waals surface area contributed by atoms with E-state index in [4.69, 9.17) is 11.6 Å². The van der Waals surface area contributed by atoms with Gasteiger partial charge in [0.2, 0.25) is 0 Å². The van der Waals surface area contributed by atoms with Crippen molar-refractivity contribution in [3.05, 3.63) is 10.5 Å². The zero-order valence-electron chi connectivity index (χ0n) is 7.80. The minimum absolute atomic E-state index is 0.536. The van der Waals surface area contributed by atoms with Gasteiger partial charge < -0.3 is 5.32 Å². The summed E-state index contributed by atoms with van der Waals surface area (Å²) in [6, 6.07) is 0. The van der Waals surface area contributed by atoms with Crippen molar-refractivity contribution in [1.29, 1.82) is 0 Å². The Morgan fingerprint density at radius 1 is 1.77 bits per heavy atom. The van der Waals surface area contributed by atoms with Crippen molar-refractivity contribution >= 4 is 28.1 Å². The van der Waals surface area contributed by atoms with Crippen LogP contribution in [0.25, 0.3) is 0 Å². The number of nitrogens with one attached hydrogen (secondary N) is 1. The van der Waals surface area contributed by atoms with E-state index in [-0.39, 0.29) is 0 Å². The summed E-state index contributed by atoms with van der Waals surface area (Å²) in [5.41, 5.74) is 0.536. The average Bonchev–Trinajstić information content (AvgIpc) is 2.45. The van der Waals surface area contributed by atoms with Crippen molar-refractivity contribution in [2.75, 3.05) is 11.9 Å². The van der Waals surface area contributed by atoms with Crippen LogP contribution >= 0.6 is 22.9 Å². The topological polar surface area (TPSA) is 24.9 Å². The number of hydrogen-bond donors (Lipinski definition) is 1. The van der Waals surface area contributed by atoms with Gasteiger partial charge in [0.1, 0.15) is 4.34 Å². The van der Waals surface area contributed by atoms with Gasteiger partial charge in [0, 0.05) is 6.54 Å². The van der Waals surface area contributed by atoms with Gasteiger partial charge in [-0.05, 0) is 17.8 Å². The summed E-state index contributed by atoms with van der Waals surface area (Å²) in [5, 5.41) is 4.24. The van der Waals surface area contributed by atoms with Crippen LogP contribution in [0, 0.1) is 11.3 Å². The maximum atomic E-state index is 5.76. The highest BCUT2D eigenvalue weighted by Gasteiger charge is 2.44. The molecule has 2 nitrogen and oxygen atoms in total. The molecule has 72 valence electrons. The van der Waals surface area contributed by atoms with Gasteiger partial charge >= 0.3 is 0 Å². The zero-order chi connectivity index (χ0) is 9.47. The molecule has 0 spiro atoms. The van der Waals surface area contributed by atoms with Gasteiger partial charge in [-0.3, -0.25) is 0 Å². The lowest BCUT2D eigenvalue weighted by molar-refractivity contribution is 0.573. The Morgan fingerprint density at radius 2 is 2.46 bits per heavy atom. The molecule has 1 N–H and O–H groups in total. The highest BCUT2D eigenvalue weighted by Crippen LogP contribution is 2.51. The smallest absolute Gasteiger partial charge is 0.184 e. The van der Waals surface area contributed by atoms with E-state index in [9.17, 15) is 0 Å². The third-order valence-corrected chi connectivity index (χ3v) is 3.77. The Hall–Kier alpha value is -0.280. The van der Waals surface area contributed by atoms with Gasteiger partial charge in [-0.2, -0.15) is 0 Å². The number of aromatic nitrogens is 1. The van der Waals surface area contributed by atoms with E-state index < -0.39 is 0 Å². The van der Waals surface area contributed by atoms with E-state index in [1.165, 1.54) is 17.8 Å². The second kappa shape index (κ2) is 3.14. The largest absolute Gasteiger partial charge is 0.361 e. The van der Waals surface area contributed by atoms with Crippen molar-refractivity contribution in [3.63, 3.8) is 0 Å². The predicted octanol–water partition coefficient (Wildman–Crippen LogP) is 3.25. The first-order valence-electron chi connectivity index (χ1n) is 4.43. The molecule has 1 unspecified atom stereocenters. The molecule has 2 rings (SSSR count). The normalized spacial score (nSPS) is 24.4. The van der Waals surface area contributed by atoms with E-state index in [2.05, 4.69) is 24.1 Å². The summed E-state index contributed by atoms with van der Waals surface area (Å²) in [5.74, 6) is 0.801. The molecule has 0 radical (unpaired) electrons. The highest BCUT2D eigenvalue weighted by molar-refractivity contribution is 7.19. The number of hydrogen-bond acceptors (Lipinski definition) is 3. The average molecular weight is 217 g/mol. The Labute approximate surface area is 87.3 Å². The van der Waals surface area contributed by atoms with Crippen LogP contribution in [0.1, 0.15) is 20.3 Å². The summed E-state index contributed by atoms with van der Waals surface area (Å²) < 4.78 is 0.748. The first-order chi connectivity index (χ1) is 6.08. The Morgan fingerprint density at radius 3 is 2.92 bits per heavy atom. The molecule has 0 aliphatic heterocycles. The predicted molar refractivity (Wildman–Crippen MR) is 57.5 cm³/mol. The molecule has 0 bridgehead atoms.